The molecule has 2 amide bonds. The highest BCUT2D eigenvalue weighted by atomic mass is 79.9. The lowest BCUT2D eigenvalue weighted by molar-refractivity contribution is -0.143. The fourth-order valence-corrected chi connectivity index (χ4v) is 4.75. The van der Waals surface area contributed by atoms with E-state index in [1.807, 2.05) is 42.5 Å². The van der Waals surface area contributed by atoms with Crippen LogP contribution in [-0.4, -0.2) is 35.4 Å². The molecule has 0 radical (unpaired) electrons. The maximum atomic E-state index is 14.6. The van der Waals surface area contributed by atoms with Gasteiger partial charge in [-0.25, -0.2) is 4.39 Å². The number of amides is 2. The minimum atomic E-state index is -0.811. The molecule has 1 aliphatic carbocycles. The predicted molar refractivity (Wildman–Crippen MR) is 141 cm³/mol. The molecule has 1 aliphatic rings. The van der Waals surface area contributed by atoms with Crippen LogP contribution in [0.15, 0.2) is 83.3 Å². The van der Waals surface area contributed by atoms with E-state index < -0.39 is 11.9 Å². The zero-order valence-corrected chi connectivity index (χ0v) is 21.6. The molecular formula is C29H30BrFN2O3. The molecule has 4 rings (SSSR count). The molecule has 36 heavy (non-hydrogen) atoms. The van der Waals surface area contributed by atoms with Crippen molar-refractivity contribution in [3.63, 3.8) is 0 Å². The van der Waals surface area contributed by atoms with Gasteiger partial charge in [0.1, 0.15) is 17.6 Å². The average molecular weight is 553 g/mol. The first kappa shape index (κ1) is 25.9. The van der Waals surface area contributed by atoms with E-state index in [1.54, 1.807) is 30.3 Å². The van der Waals surface area contributed by atoms with Gasteiger partial charge in [-0.15, -0.1) is 0 Å². The van der Waals surface area contributed by atoms with E-state index in [-0.39, 0.29) is 31.0 Å². The topological polar surface area (TPSA) is 58.6 Å². The van der Waals surface area contributed by atoms with E-state index in [2.05, 4.69) is 21.2 Å². The van der Waals surface area contributed by atoms with Crippen LogP contribution in [-0.2, 0) is 22.6 Å². The number of hydrogen-bond acceptors (Lipinski definition) is 3. The van der Waals surface area contributed by atoms with Gasteiger partial charge in [-0.2, -0.15) is 0 Å². The van der Waals surface area contributed by atoms with Crippen LogP contribution < -0.4 is 10.1 Å². The summed E-state index contributed by atoms with van der Waals surface area (Å²) in [6.45, 7) is -0.303. The minimum absolute atomic E-state index is 0.0369. The van der Waals surface area contributed by atoms with Gasteiger partial charge in [-0.1, -0.05) is 77.3 Å². The lowest BCUT2D eigenvalue weighted by Gasteiger charge is -2.32. The van der Waals surface area contributed by atoms with E-state index in [1.165, 1.54) is 11.0 Å². The van der Waals surface area contributed by atoms with Crippen LogP contribution in [0.3, 0.4) is 0 Å². The number of carbonyl (C=O) groups excluding carboxylic acids is 2. The van der Waals surface area contributed by atoms with E-state index in [0.717, 1.165) is 35.7 Å². The molecule has 0 heterocycles. The van der Waals surface area contributed by atoms with Crippen molar-refractivity contribution in [3.05, 3.63) is 100 Å². The van der Waals surface area contributed by atoms with Gasteiger partial charge in [0.2, 0.25) is 5.91 Å². The molecule has 7 heteroatoms. The van der Waals surface area contributed by atoms with Crippen molar-refractivity contribution >= 4 is 27.7 Å². The number of hydrogen-bond donors (Lipinski definition) is 1. The summed E-state index contributed by atoms with van der Waals surface area (Å²) in [6.07, 6.45) is 4.33. The van der Waals surface area contributed by atoms with Crippen molar-refractivity contribution in [3.8, 4) is 5.75 Å². The van der Waals surface area contributed by atoms with Crippen molar-refractivity contribution in [2.45, 2.75) is 50.7 Å². The first-order valence-electron chi connectivity index (χ1n) is 12.2. The number of ether oxygens (including phenoxy) is 1. The van der Waals surface area contributed by atoms with Gasteiger partial charge >= 0.3 is 0 Å². The van der Waals surface area contributed by atoms with Gasteiger partial charge in [0, 0.05) is 29.0 Å². The molecule has 188 valence electrons. The molecule has 1 saturated carbocycles. The Kier molecular flexibility index (Phi) is 9.11. The van der Waals surface area contributed by atoms with Crippen LogP contribution in [0, 0.1) is 5.82 Å². The second-order valence-electron chi connectivity index (χ2n) is 9.05. The average Bonchev–Trinajstić information content (AvgIpc) is 3.40. The van der Waals surface area contributed by atoms with Gasteiger partial charge < -0.3 is 15.0 Å². The van der Waals surface area contributed by atoms with Gasteiger partial charge in [0.25, 0.3) is 5.91 Å². The van der Waals surface area contributed by atoms with E-state index in [4.69, 9.17) is 4.74 Å². The van der Waals surface area contributed by atoms with Crippen LogP contribution >= 0.6 is 15.9 Å². The summed E-state index contributed by atoms with van der Waals surface area (Å²) in [5.74, 6) is -0.492. The zero-order chi connectivity index (χ0) is 25.3. The molecule has 3 aromatic rings. The standard InChI is InChI=1S/C29H30BrFN2O3/c30-23-14-16-25(17-15-23)36-20-28(34)33(19-22-10-4-7-13-26(22)31)27(18-21-8-2-1-3-9-21)29(35)32-24-11-5-6-12-24/h1-4,7-10,13-17,24,27H,5-6,11-12,18-20H2,(H,32,35). The quantitative estimate of drug-likeness (QED) is 0.352. The Balaban J connectivity index is 1.61. The maximum absolute atomic E-state index is 14.6. The second kappa shape index (κ2) is 12.7. The van der Waals surface area contributed by atoms with Crippen molar-refractivity contribution in [2.24, 2.45) is 0 Å². The Bertz CT molecular complexity index is 1150. The summed E-state index contributed by atoms with van der Waals surface area (Å²) in [6, 6.07) is 22.4. The number of carbonyl (C=O) groups is 2. The summed E-state index contributed by atoms with van der Waals surface area (Å²) in [5, 5.41) is 3.14. The van der Waals surface area contributed by atoms with E-state index >= 15 is 0 Å². The molecule has 3 aromatic carbocycles. The van der Waals surface area contributed by atoms with Crippen molar-refractivity contribution in [1.82, 2.24) is 10.2 Å². The highest BCUT2D eigenvalue weighted by Crippen LogP contribution is 2.21. The molecule has 0 bridgehead atoms. The second-order valence-corrected chi connectivity index (χ2v) is 9.97. The Morgan fingerprint density at radius 2 is 1.64 bits per heavy atom. The minimum Gasteiger partial charge on any atom is -0.484 e. The van der Waals surface area contributed by atoms with E-state index in [9.17, 15) is 14.0 Å². The third-order valence-electron chi connectivity index (χ3n) is 6.45. The van der Waals surface area contributed by atoms with Gasteiger partial charge in [-0.3, -0.25) is 9.59 Å². The molecular weight excluding hydrogens is 523 g/mol. The Labute approximate surface area is 219 Å². The predicted octanol–water partition coefficient (Wildman–Crippen LogP) is 5.67. The van der Waals surface area contributed by atoms with Crippen LogP contribution in [0.25, 0.3) is 0 Å². The van der Waals surface area contributed by atoms with Crippen molar-refractivity contribution in [2.75, 3.05) is 6.61 Å². The van der Waals surface area contributed by atoms with E-state index in [0.29, 0.717) is 17.7 Å². The number of rotatable bonds is 10. The van der Waals surface area contributed by atoms with Crippen molar-refractivity contribution in [1.29, 1.82) is 0 Å². The fourth-order valence-electron chi connectivity index (χ4n) is 4.49. The summed E-state index contributed by atoms with van der Waals surface area (Å²) in [7, 11) is 0. The number of halogens is 2. The molecule has 1 N–H and O–H groups in total. The maximum Gasteiger partial charge on any atom is 0.261 e. The molecule has 0 spiro atoms. The van der Waals surface area contributed by atoms with Crippen LogP contribution in [0.2, 0.25) is 0 Å². The molecule has 5 nitrogen and oxygen atoms in total. The number of nitrogens with one attached hydrogen (secondary N) is 1. The van der Waals surface area contributed by atoms with Crippen LogP contribution in [0.4, 0.5) is 4.39 Å². The van der Waals surface area contributed by atoms with Gasteiger partial charge in [-0.05, 0) is 48.7 Å². The molecule has 1 unspecified atom stereocenters. The normalized spacial score (nSPS) is 14.3. The number of benzene rings is 3. The summed E-state index contributed by atoms with van der Waals surface area (Å²) >= 11 is 3.38. The first-order chi connectivity index (χ1) is 17.5. The molecule has 0 aliphatic heterocycles. The fraction of sp³-hybridized carbons (Fsp3) is 0.310. The summed E-state index contributed by atoms with van der Waals surface area (Å²) in [4.78, 5) is 28.6. The largest absolute Gasteiger partial charge is 0.484 e. The lowest BCUT2D eigenvalue weighted by atomic mass is 10.0. The molecule has 0 saturated heterocycles. The highest BCUT2D eigenvalue weighted by molar-refractivity contribution is 9.10. The Hall–Kier alpha value is -3.19. The number of nitrogens with zero attached hydrogens (tertiary/aromatic N) is 1. The first-order valence-corrected chi connectivity index (χ1v) is 13.0. The highest BCUT2D eigenvalue weighted by Gasteiger charge is 2.32. The molecule has 1 fully saturated rings. The Morgan fingerprint density at radius 1 is 0.972 bits per heavy atom. The lowest BCUT2D eigenvalue weighted by Crippen LogP contribution is -2.53. The smallest absolute Gasteiger partial charge is 0.261 e. The third kappa shape index (κ3) is 7.17. The Morgan fingerprint density at radius 3 is 2.33 bits per heavy atom. The third-order valence-corrected chi connectivity index (χ3v) is 6.98. The van der Waals surface area contributed by atoms with Gasteiger partial charge in [0.05, 0.1) is 0 Å². The molecule has 1 atom stereocenters. The monoisotopic (exact) mass is 552 g/mol. The summed E-state index contributed by atoms with van der Waals surface area (Å²) < 4.78 is 21.3. The van der Waals surface area contributed by atoms with Crippen molar-refractivity contribution < 1.29 is 18.7 Å². The summed E-state index contributed by atoms with van der Waals surface area (Å²) in [5.41, 5.74) is 1.27. The van der Waals surface area contributed by atoms with Crippen LogP contribution in [0.1, 0.15) is 36.8 Å². The zero-order valence-electron chi connectivity index (χ0n) is 20.0. The molecule has 0 aromatic heterocycles. The van der Waals surface area contributed by atoms with Crippen LogP contribution in [0.5, 0.6) is 5.75 Å². The van der Waals surface area contributed by atoms with Gasteiger partial charge in [0.15, 0.2) is 6.61 Å². The SMILES string of the molecule is O=C(NC1CCCC1)C(Cc1ccccc1)N(Cc1ccccc1F)C(=O)COc1ccc(Br)cc1.